The summed E-state index contributed by atoms with van der Waals surface area (Å²) in [6, 6.07) is 12.9. The number of para-hydroxylation sites is 2. The monoisotopic (exact) mass is 344 g/mol. The van der Waals surface area contributed by atoms with E-state index < -0.39 is 22.1 Å². The second kappa shape index (κ2) is 8.34. The van der Waals surface area contributed by atoms with Crippen molar-refractivity contribution in [3.05, 3.63) is 79.9 Å². The van der Waals surface area contributed by atoms with Crippen LogP contribution in [0.1, 0.15) is 50.0 Å². The van der Waals surface area contributed by atoms with Crippen LogP contribution in [0.2, 0.25) is 0 Å². The van der Waals surface area contributed by atoms with Gasteiger partial charge in [-0.05, 0) is 25.0 Å². The topological polar surface area (TPSA) is 95.5 Å². The molecule has 2 aromatic carbocycles. The molecule has 0 N–H and O–H groups in total. The molecular weight excluding hydrogens is 324 g/mol. The third-order valence-electron chi connectivity index (χ3n) is 4.03. The summed E-state index contributed by atoms with van der Waals surface area (Å²) in [6.07, 6.45) is -0.0121. The molecule has 0 aliphatic carbocycles. The van der Waals surface area contributed by atoms with E-state index in [1.54, 1.807) is 36.4 Å². The van der Waals surface area contributed by atoms with Crippen molar-refractivity contribution in [2.24, 2.45) is 0 Å². The second-order valence-electron chi connectivity index (χ2n) is 5.56. The van der Waals surface area contributed by atoms with E-state index in [9.17, 15) is 20.2 Å². The molecule has 2 rings (SSSR count). The van der Waals surface area contributed by atoms with E-state index >= 15 is 0 Å². The average molecular weight is 344 g/mol. The predicted molar refractivity (Wildman–Crippen MR) is 93.3 cm³/mol. The number of rotatable bonds is 8. The Balaban J connectivity index is 2.38. The summed E-state index contributed by atoms with van der Waals surface area (Å²) in [5.41, 5.74) is 0.942. The Morgan fingerprint density at radius 3 is 1.48 bits per heavy atom. The van der Waals surface area contributed by atoms with E-state index in [0.29, 0.717) is 24.0 Å². The van der Waals surface area contributed by atoms with Crippen molar-refractivity contribution < 1.29 is 14.6 Å². The first kappa shape index (κ1) is 18.5. The summed E-state index contributed by atoms with van der Waals surface area (Å²) in [4.78, 5) is 21.7. The molecule has 0 aliphatic rings. The van der Waals surface area contributed by atoms with Crippen molar-refractivity contribution in [1.29, 1.82) is 0 Å². The maximum absolute atomic E-state index is 11.3. The van der Waals surface area contributed by atoms with Gasteiger partial charge in [-0.1, -0.05) is 38.1 Å². The Labute approximate surface area is 145 Å². The molecule has 7 heteroatoms. The van der Waals surface area contributed by atoms with E-state index in [-0.39, 0.29) is 11.4 Å². The molecule has 0 fully saturated rings. The Morgan fingerprint density at radius 1 is 0.800 bits per heavy atom. The van der Waals surface area contributed by atoms with Gasteiger partial charge in [0.25, 0.3) is 11.4 Å². The molecule has 7 nitrogen and oxygen atoms in total. The van der Waals surface area contributed by atoms with Crippen LogP contribution in [0.4, 0.5) is 11.4 Å². The maximum atomic E-state index is 11.3. The summed E-state index contributed by atoms with van der Waals surface area (Å²) in [5, 5.41) is 22.5. The number of nitro groups is 2. The van der Waals surface area contributed by atoms with Crippen LogP contribution < -0.4 is 0 Å². The lowest BCUT2D eigenvalue weighted by Crippen LogP contribution is -2.12. The van der Waals surface area contributed by atoms with E-state index in [4.69, 9.17) is 4.74 Å². The first-order valence-electron chi connectivity index (χ1n) is 8.11. The molecule has 2 aromatic rings. The van der Waals surface area contributed by atoms with Crippen molar-refractivity contribution in [3.63, 3.8) is 0 Å². The highest BCUT2D eigenvalue weighted by Gasteiger charge is 2.27. The average Bonchev–Trinajstić information content (AvgIpc) is 2.63. The van der Waals surface area contributed by atoms with Gasteiger partial charge in [-0.15, -0.1) is 0 Å². The van der Waals surface area contributed by atoms with Crippen LogP contribution in [0, 0.1) is 20.2 Å². The fourth-order valence-corrected chi connectivity index (χ4v) is 2.83. The lowest BCUT2D eigenvalue weighted by atomic mass is 10.0. The van der Waals surface area contributed by atoms with Gasteiger partial charge in [-0.3, -0.25) is 20.2 Å². The molecule has 0 bridgehead atoms. The first-order chi connectivity index (χ1) is 12.0. The molecule has 2 atom stereocenters. The number of hydrogen-bond acceptors (Lipinski definition) is 5. The minimum atomic E-state index is -0.522. The quantitative estimate of drug-likeness (QED) is 0.489. The van der Waals surface area contributed by atoms with E-state index in [1.807, 2.05) is 13.8 Å². The number of nitro benzene ring substituents is 2. The van der Waals surface area contributed by atoms with Crippen LogP contribution in [0.25, 0.3) is 0 Å². The molecule has 2 unspecified atom stereocenters. The third-order valence-corrected chi connectivity index (χ3v) is 4.03. The van der Waals surface area contributed by atoms with Crippen LogP contribution in [-0.4, -0.2) is 9.85 Å². The van der Waals surface area contributed by atoms with Gasteiger partial charge in [-0.2, -0.15) is 0 Å². The smallest absolute Gasteiger partial charge is 0.275 e. The van der Waals surface area contributed by atoms with Gasteiger partial charge in [0.05, 0.1) is 33.2 Å². The normalized spacial score (nSPS) is 13.2. The summed E-state index contributed by atoms with van der Waals surface area (Å²) in [6.45, 7) is 3.74. The SMILES string of the molecule is CCC(OC(CC)c1ccccc1[N+](=O)[O-])c1ccccc1[N+](=O)[O-]. The van der Waals surface area contributed by atoms with Gasteiger partial charge in [0.1, 0.15) is 0 Å². The minimum Gasteiger partial charge on any atom is -0.365 e. The Hall–Kier alpha value is -2.80. The lowest BCUT2D eigenvalue weighted by molar-refractivity contribution is -0.387. The van der Waals surface area contributed by atoms with E-state index in [1.165, 1.54) is 12.1 Å². The van der Waals surface area contributed by atoms with Gasteiger partial charge in [0.15, 0.2) is 0 Å². The van der Waals surface area contributed by atoms with Gasteiger partial charge >= 0.3 is 0 Å². The highest BCUT2D eigenvalue weighted by molar-refractivity contribution is 5.43. The van der Waals surface area contributed by atoms with Crippen molar-refractivity contribution in [1.82, 2.24) is 0 Å². The molecular formula is C18H20N2O5. The second-order valence-corrected chi connectivity index (χ2v) is 5.56. The lowest BCUT2D eigenvalue weighted by Gasteiger charge is -2.23. The number of ether oxygens (including phenoxy) is 1. The van der Waals surface area contributed by atoms with Gasteiger partial charge in [-0.25, -0.2) is 0 Å². The van der Waals surface area contributed by atoms with Gasteiger partial charge in [0.2, 0.25) is 0 Å². The molecule has 0 aliphatic heterocycles. The fraction of sp³-hybridized carbons (Fsp3) is 0.333. The standard InChI is InChI=1S/C18H20N2O5/c1-3-17(13-9-5-7-11-15(13)19(21)22)25-18(4-2)14-10-6-8-12-16(14)20(23)24/h5-12,17-18H,3-4H2,1-2H3. The molecule has 132 valence electrons. The minimum absolute atomic E-state index is 0.00763. The Bertz CT molecular complexity index is 699. The number of nitrogens with zero attached hydrogens (tertiary/aromatic N) is 2. The van der Waals surface area contributed by atoms with E-state index in [0.717, 1.165) is 0 Å². The van der Waals surface area contributed by atoms with Crippen molar-refractivity contribution in [2.45, 2.75) is 38.9 Å². The van der Waals surface area contributed by atoms with Crippen LogP contribution in [0.3, 0.4) is 0 Å². The first-order valence-corrected chi connectivity index (χ1v) is 8.11. The third kappa shape index (κ3) is 4.19. The zero-order valence-electron chi connectivity index (χ0n) is 14.1. The summed E-state index contributed by atoms with van der Waals surface area (Å²) in [7, 11) is 0. The molecule has 0 radical (unpaired) electrons. The maximum Gasteiger partial charge on any atom is 0.275 e. The van der Waals surface area contributed by atoms with Gasteiger partial charge < -0.3 is 4.74 Å². The molecule has 0 saturated carbocycles. The van der Waals surface area contributed by atoms with E-state index in [2.05, 4.69) is 0 Å². The number of benzene rings is 2. The number of hydrogen-bond donors (Lipinski definition) is 0. The Morgan fingerprint density at radius 2 is 1.16 bits per heavy atom. The molecule has 0 aromatic heterocycles. The van der Waals surface area contributed by atoms with Crippen molar-refractivity contribution in [3.8, 4) is 0 Å². The zero-order valence-corrected chi connectivity index (χ0v) is 14.1. The fourth-order valence-electron chi connectivity index (χ4n) is 2.83. The van der Waals surface area contributed by atoms with Crippen LogP contribution >= 0.6 is 0 Å². The zero-order chi connectivity index (χ0) is 18.4. The molecule has 0 heterocycles. The summed E-state index contributed by atoms with van der Waals surface area (Å²) >= 11 is 0. The van der Waals surface area contributed by atoms with Crippen molar-refractivity contribution >= 4 is 11.4 Å². The van der Waals surface area contributed by atoms with Crippen LogP contribution in [0.5, 0.6) is 0 Å². The predicted octanol–water partition coefficient (Wildman–Crippen LogP) is 5.12. The van der Waals surface area contributed by atoms with Crippen molar-refractivity contribution in [2.75, 3.05) is 0 Å². The van der Waals surface area contributed by atoms with Crippen LogP contribution in [-0.2, 0) is 4.74 Å². The molecule has 25 heavy (non-hydrogen) atoms. The largest absolute Gasteiger partial charge is 0.365 e. The Kier molecular flexibility index (Phi) is 6.19. The van der Waals surface area contributed by atoms with Gasteiger partial charge in [0, 0.05) is 12.1 Å². The van der Waals surface area contributed by atoms with Crippen LogP contribution in [0.15, 0.2) is 48.5 Å². The molecule has 0 amide bonds. The molecule has 0 saturated heterocycles. The summed E-state index contributed by atoms with van der Waals surface area (Å²) < 4.78 is 6.09. The molecule has 0 spiro atoms. The summed E-state index contributed by atoms with van der Waals surface area (Å²) in [5.74, 6) is 0. The highest BCUT2D eigenvalue weighted by Crippen LogP contribution is 2.37. The highest BCUT2D eigenvalue weighted by atomic mass is 16.6.